The molecule has 1 N–H and O–H groups in total. The minimum absolute atomic E-state index is 0.0407. The van der Waals surface area contributed by atoms with E-state index in [9.17, 15) is 4.79 Å². The van der Waals surface area contributed by atoms with E-state index in [2.05, 4.69) is 32.3 Å². The number of carbonyl (C=O) groups is 1. The third-order valence-electron chi connectivity index (χ3n) is 4.61. The molecular weight excluding hydrogens is 330 g/mol. The summed E-state index contributed by atoms with van der Waals surface area (Å²) >= 11 is 0. The molecule has 1 fully saturated rings. The Bertz CT molecular complexity index is 695. The lowest BCUT2D eigenvalue weighted by atomic mass is 10.2. The van der Waals surface area contributed by atoms with Gasteiger partial charge in [0.1, 0.15) is 6.33 Å². The lowest BCUT2D eigenvalue weighted by molar-refractivity contribution is 0.132. The first-order chi connectivity index (χ1) is 12.7. The fourth-order valence-electron chi connectivity index (χ4n) is 3.18. The predicted molar refractivity (Wildman–Crippen MR) is 98.3 cm³/mol. The zero-order chi connectivity index (χ0) is 18.4. The van der Waals surface area contributed by atoms with Crippen LogP contribution in [0.2, 0.25) is 0 Å². The van der Waals surface area contributed by atoms with Crippen molar-refractivity contribution in [3.05, 3.63) is 42.2 Å². The second kappa shape index (κ2) is 8.75. The highest BCUT2D eigenvalue weighted by molar-refractivity contribution is 5.74. The van der Waals surface area contributed by atoms with Gasteiger partial charge in [-0.2, -0.15) is 0 Å². The zero-order valence-corrected chi connectivity index (χ0v) is 15.5. The van der Waals surface area contributed by atoms with E-state index in [-0.39, 0.29) is 12.1 Å². The van der Waals surface area contributed by atoms with Crippen LogP contribution in [0.15, 0.2) is 30.7 Å². The van der Waals surface area contributed by atoms with Crippen LogP contribution in [-0.2, 0) is 13.1 Å². The summed E-state index contributed by atoms with van der Waals surface area (Å²) in [7, 11) is 0. The third kappa shape index (κ3) is 4.57. The Morgan fingerprint density at radius 2 is 2.08 bits per heavy atom. The molecule has 8 heteroatoms. The van der Waals surface area contributed by atoms with Crippen LogP contribution in [0, 0.1) is 0 Å². The minimum atomic E-state index is -0.164. The van der Waals surface area contributed by atoms with Gasteiger partial charge in [0.2, 0.25) is 0 Å². The summed E-state index contributed by atoms with van der Waals surface area (Å²) in [6.07, 6.45) is 4.54. The largest absolute Gasteiger partial charge is 0.328 e. The summed E-state index contributed by atoms with van der Waals surface area (Å²) < 4.78 is 2.00. The number of nitrogens with one attached hydrogen (secondary N) is 1. The molecule has 2 aromatic rings. The van der Waals surface area contributed by atoms with E-state index in [1.165, 1.54) is 0 Å². The van der Waals surface area contributed by atoms with Gasteiger partial charge in [-0.3, -0.25) is 9.88 Å². The molecule has 0 radical (unpaired) electrons. The van der Waals surface area contributed by atoms with Crippen LogP contribution >= 0.6 is 0 Å². The molecule has 3 rings (SSSR count). The average molecular weight is 357 g/mol. The van der Waals surface area contributed by atoms with Crippen molar-refractivity contribution in [2.75, 3.05) is 26.2 Å². The van der Waals surface area contributed by atoms with Gasteiger partial charge < -0.3 is 14.8 Å². The second-order valence-electron chi connectivity index (χ2n) is 6.64. The Labute approximate surface area is 154 Å². The highest BCUT2D eigenvalue weighted by Gasteiger charge is 2.23. The normalized spacial score (nSPS) is 16.5. The van der Waals surface area contributed by atoms with E-state index in [0.717, 1.165) is 44.1 Å². The highest BCUT2D eigenvalue weighted by Crippen LogP contribution is 2.12. The minimum Gasteiger partial charge on any atom is -0.328 e. The molecule has 0 saturated carbocycles. The van der Waals surface area contributed by atoms with Gasteiger partial charge in [-0.05, 0) is 25.5 Å². The molecule has 140 valence electrons. The van der Waals surface area contributed by atoms with Gasteiger partial charge in [0.15, 0.2) is 5.82 Å². The molecule has 3 heterocycles. The molecule has 0 spiro atoms. The Hall–Kier alpha value is -2.48. The van der Waals surface area contributed by atoms with E-state index >= 15 is 0 Å². The first-order valence-electron chi connectivity index (χ1n) is 9.22. The maximum Gasteiger partial charge on any atom is 0.318 e. The average Bonchev–Trinajstić information content (AvgIpc) is 3.12. The predicted octanol–water partition coefficient (Wildman–Crippen LogP) is 1.67. The number of nitrogens with zero attached hydrogens (tertiary/aromatic N) is 6. The Morgan fingerprint density at radius 3 is 2.77 bits per heavy atom. The molecule has 8 nitrogen and oxygen atoms in total. The number of piperazine rings is 1. The lowest BCUT2D eigenvalue weighted by Gasteiger charge is -2.35. The molecular formula is C18H27N7O. The number of amides is 2. The number of rotatable bonds is 6. The summed E-state index contributed by atoms with van der Waals surface area (Å²) in [4.78, 5) is 21.1. The van der Waals surface area contributed by atoms with E-state index in [4.69, 9.17) is 0 Å². The zero-order valence-electron chi connectivity index (χ0n) is 15.5. The summed E-state index contributed by atoms with van der Waals surface area (Å²) in [5, 5.41) is 11.2. The number of carbonyl (C=O) groups excluding carboxylic acids is 1. The van der Waals surface area contributed by atoms with Crippen LogP contribution in [0.4, 0.5) is 4.79 Å². The van der Waals surface area contributed by atoms with Gasteiger partial charge in [-0.25, -0.2) is 4.79 Å². The molecule has 26 heavy (non-hydrogen) atoms. The van der Waals surface area contributed by atoms with E-state index < -0.39 is 0 Å². The number of aryl methyl sites for hydroxylation is 1. The van der Waals surface area contributed by atoms with Crippen molar-refractivity contribution in [2.45, 2.75) is 39.4 Å². The van der Waals surface area contributed by atoms with Crippen molar-refractivity contribution in [2.24, 2.45) is 0 Å². The number of pyridine rings is 1. The number of hydrogen-bond acceptors (Lipinski definition) is 5. The van der Waals surface area contributed by atoms with Crippen LogP contribution in [0.1, 0.15) is 37.8 Å². The van der Waals surface area contributed by atoms with E-state index in [1.807, 2.05) is 40.8 Å². The topological polar surface area (TPSA) is 79.2 Å². The fourth-order valence-corrected chi connectivity index (χ4v) is 3.18. The van der Waals surface area contributed by atoms with Crippen LogP contribution in [0.5, 0.6) is 0 Å². The highest BCUT2D eigenvalue weighted by atomic mass is 16.2. The molecule has 2 amide bonds. The molecule has 1 saturated heterocycles. The Balaban J connectivity index is 1.48. The van der Waals surface area contributed by atoms with Crippen LogP contribution in [0.3, 0.4) is 0 Å². The second-order valence-corrected chi connectivity index (χ2v) is 6.64. The maximum atomic E-state index is 12.6. The van der Waals surface area contributed by atoms with Gasteiger partial charge in [0.25, 0.3) is 0 Å². The maximum absolute atomic E-state index is 12.6. The molecule has 0 aromatic carbocycles. The fraction of sp³-hybridized carbons (Fsp3) is 0.556. The number of hydrogen-bond donors (Lipinski definition) is 1. The first-order valence-corrected chi connectivity index (χ1v) is 9.22. The summed E-state index contributed by atoms with van der Waals surface area (Å²) in [5.74, 6) is 0.800. The summed E-state index contributed by atoms with van der Waals surface area (Å²) in [5.41, 5.74) is 1.06. The van der Waals surface area contributed by atoms with E-state index in [0.29, 0.717) is 13.1 Å². The molecule has 1 atom stereocenters. The Morgan fingerprint density at radius 1 is 1.27 bits per heavy atom. The van der Waals surface area contributed by atoms with Crippen molar-refractivity contribution in [1.82, 2.24) is 34.9 Å². The molecule has 0 bridgehead atoms. The van der Waals surface area contributed by atoms with Gasteiger partial charge in [0.05, 0.1) is 11.7 Å². The first kappa shape index (κ1) is 18.3. The van der Waals surface area contributed by atoms with Crippen LogP contribution in [0.25, 0.3) is 0 Å². The van der Waals surface area contributed by atoms with Crippen LogP contribution in [-0.4, -0.2) is 61.8 Å². The Kier molecular flexibility index (Phi) is 6.17. The molecule has 1 aliphatic rings. The van der Waals surface area contributed by atoms with Crippen molar-refractivity contribution < 1.29 is 4.79 Å². The van der Waals surface area contributed by atoms with Gasteiger partial charge in [0, 0.05) is 45.5 Å². The number of aromatic nitrogens is 4. The summed E-state index contributed by atoms with van der Waals surface area (Å²) in [6, 6.07) is 5.76. The van der Waals surface area contributed by atoms with Crippen molar-refractivity contribution >= 4 is 6.03 Å². The van der Waals surface area contributed by atoms with Gasteiger partial charge in [-0.1, -0.05) is 13.0 Å². The van der Waals surface area contributed by atoms with Gasteiger partial charge in [-0.15, -0.1) is 10.2 Å². The van der Waals surface area contributed by atoms with Crippen molar-refractivity contribution in [1.29, 1.82) is 0 Å². The van der Waals surface area contributed by atoms with Crippen molar-refractivity contribution in [3.63, 3.8) is 0 Å². The molecule has 0 aliphatic carbocycles. The SMILES string of the molecule is CCCn1cnnc1[C@H](C)NC(=O)N1CCN(Cc2ccccn2)CC1. The quantitative estimate of drug-likeness (QED) is 0.851. The van der Waals surface area contributed by atoms with Crippen molar-refractivity contribution in [3.8, 4) is 0 Å². The van der Waals surface area contributed by atoms with E-state index in [1.54, 1.807) is 6.33 Å². The lowest BCUT2D eigenvalue weighted by Crippen LogP contribution is -2.51. The summed E-state index contributed by atoms with van der Waals surface area (Å²) in [6.45, 7) is 8.87. The smallest absolute Gasteiger partial charge is 0.318 e. The third-order valence-corrected chi connectivity index (χ3v) is 4.61. The number of urea groups is 1. The molecule has 1 aliphatic heterocycles. The molecule has 2 aromatic heterocycles. The molecule has 0 unspecified atom stereocenters. The van der Waals surface area contributed by atoms with Crippen LogP contribution < -0.4 is 5.32 Å². The van der Waals surface area contributed by atoms with Gasteiger partial charge >= 0.3 is 6.03 Å². The standard InChI is InChI=1S/C18H27N7O/c1-3-8-25-14-20-22-17(25)15(2)21-18(26)24-11-9-23(10-12-24)13-16-6-4-5-7-19-16/h4-7,14-15H,3,8-13H2,1-2H3,(H,21,26)/t15-/m0/s1. The monoisotopic (exact) mass is 357 g/mol.